The van der Waals surface area contributed by atoms with Crippen LogP contribution in [0.15, 0.2) is 71.6 Å². The monoisotopic (exact) mass is 591 g/mol. The molecule has 0 aliphatic carbocycles. The lowest BCUT2D eigenvalue weighted by molar-refractivity contribution is -0.127. The van der Waals surface area contributed by atoms with Crippen LogP contribution >= 0.6 is 0 Å². The molecule has 224 valence electrons. The SMILES string of the molecule is COc1ccc(S(=O)(=O)N2C[C@H](C(=O)NCc3cccc(CN4CCCCC4)c3)Oc3ccc(C(C)(C)C)cc32)cc1. The number of methoxy groups -OCH3 is 1. The van der Waals surface area contributed by atoms with Gasteiger partial charge in [0.25, 0.3) is 15.9 Å². The van der Waals surface area contributed by atoms with E-state index in [0.29, 0.717) is 23.7 Å². The van der Waals surface area contributed by atoms with Crippen molar-refractivity contribution in [3.8, 4) is 11.5 Å². The van der Waals surface area contributed by atoms with Gasteiger partial charge >= 0.3 is 0 Å². The molecule has 0 unspecified atom stereocenters. The molecule has 42 heavy (non-hydrogen) atoms. The number of rotatable bonds is 8. The smallest absolute Gasteiger partial charge is 0.264 e. The first kappa shape index (κ1) is 29.9. The molecule has 1 atom stereocenters. The molecule has 0 radical (unpaired) electrons. The first-order valence-corrected chi connectivity index (χ1v) is 16.0. The number of carbonyl (C=O) groups is 1. The number of nitrogens with one attached hydrogen (secondary N) is 1. The van der Waals surface area contributed by atoms with Crippen molar-refractivity contribution in [2.45, 2.75) is 69.5 Å². The molecule has 2 aliphatic heterocycles. The summed E-state index contributed by atoms with van der Waals surface area (Å²) >= 11 is 0. The molecule has 9 heteroatoms. The van der Waals surface area contributed by atoms with Crippen LogP contribution in [-0.4, -0.2) is 52.1 Å². The average Bonchev–Trinajstić information content (AvgIpc) is 2.99. The van der Waals surface area contributed by atoms with E-state index in [4.69, 9.17) is 9.47 Å². The van der Waals surface area contributed by atoms with Crippen molar-refractivity contribution in [1.82, 2.24) is 10.2 Å². The Morgan fingerprint density at radius 1 is 0.976 bits per heavy atom. The molecule has 8 nitrogen and oxygen atoms in total. The second kappa shape index (κ2) is 12.4. The van der Waals surface area contributed by atoms with Crippen LogP contribution in [0, 0.1) is 0 Å². The number of hydrogen-bond donors (Lipinski definition) is 1. The summed E-state index contributed by atoms with van der Waals surface area (Å²) in [5.41, 5.74) is 3.39. The number of piperidine rings is 1. The summed E-state index contributed by atoms with van der Waals surface area (Å²) in [7, 11) is -2.47. The largest absolute Gasteiger partial charge is 0.497 e. The maximum Gasteiger partial charge on any atom is 0.264 e. The van der Waals surface area contributed by atoms with Gasteiger partial charge in [-0.2, -0.15) is 0 Å². The normalized spacial score (nSPS) is 17.7. The molecular formula is C33H41N3O5S. The third-order valence-electron chi connectivity index (χ3n) is 7.95. The number of hydrogen-bond acceptors (Lipinski definition) is 6. The summed E-state index contributed by atoms with van der Waals surface area (Å²) in [5.74, 6) is 0.551. The number of carbonyl (C=O) groups excluding carboxylic acids is 1. The Kier molecular flexibility index (Phi) is 8.80. The first-order chi connectivity index (χ1) is 20.0. The molecule has 0 saturated carbocycles. The van der Waals surface area contributed by atoms with Crippen LogP contribution < -0.4 is 19.1 Å². The standard InChI is InChI=1S/C33H41N3O5S/c1-33(2,3)26-11-16-30-29(20-26)36(42(38,39)28-14-12-27(40-4)13-15-28)23-31(41-30)32(37)34-21-24-9-8-10-25(19-24)22-35-17-6-5-7-18-35/h8-16,19-20,31H,5-7,17-18,21-23H2,1-4H3,(H,34,37)/t31-/m1/s1. The molecule has 0 spiro atoms. The fraction of sp³-hybridized carbons (Fsp3) is 0.424. The van der Waals surface area contributed by atoms with E-state index in [1.54, 1.807) is 18.2 Å². The molecule has 1 fully saturated rings. The Labute approximate surface area is 249 Å². The molecule has 3 aromatic rings. The molecule has 5 rings (SSSR count). The zero-order valence-electron chi connectivity index (χ0n) is 24.9. The molecule has 1 saturated heterocycles. The van der Waals surface area contributed by atoms with Gasteiger partial charge < -0.3 is 14.8 Å². The van der Waals surface area contributed by atoms with Crippen molar-refractivity contribution >= 4 is 21.6 Å². The number of anilines is 1. The Morgan fingerprint density at radius 2 is 1.69 bits per heavy atom. The summed E-state index contributed by atoms with van der Waals surface area (Å²) in [4.78, 5) is 16.0. The van der Waals surface area contributed by atoms with Gasteiger partial charge in [-0.3, -0.25) is 14.0 Å². The number of likely N-dealkylation sites (tertiary alicyclic amines) is 1. The highest BCUT2D eigenvalue weighted by atomic mass is 32.2. The van der Waals surface area contributed by atoms with Crippen molar-refractivity contribution < 1.29 is 22.7 Å². The van der Waals surface area contributed by atoms with Gasteiger partial charge in [-0.15, -0.1) is 0 Å². The third kappa shape index (κ3) is 6.73. The minimum Gasteiger partial charge on any atom is -0.497 e. The van der Waals surface area contributed by atoms with Crippen LogP contribution in [0.25, 0.3) is 0 Å². The number of benzene rings is 3. The lowest BCUT2D eigenvalue weighted by Gasteiger charge is -2.36. The summed E-state index contributed by atoms with van der Waals surface area (Å²) in [5, 5.41) is 2.98. The van der Waals surface area contributed by atoms with Gasteiger partial charge in [-0.25, -0.2) is 8.42 Å². The number of nitrogens with zero attached hydrogens (tertiary/aromatic N) is 2. The quantitative estimate of drug-likeness (QED) is 0.385. The Bertz CT molecular complexity index is 1510. The Balaban J connectivity index is 1.36. The molecule has 2 aliphatic rings. The first-order valence-electron chi connectivity index (χ1n) is 14.6. The number of ether oxygens (including phenoxy) is 2. The summed E-state index contributed by atoms with van der Waals surface area (Å²) in [6, 6.07) is 20.0. The van der Waals surface area contributed by atoms with E-state index < -0.39 is 16.1 Å². The van der Waals surface area contributed by atoms with Gasteiger partial charge in [0, 0.05) is 13.1 Å². The summed E-state index contributed by atoms with van der Waals surface area (Å²) in [6.07, 6.45) is 2.77. The minimum atomic E-state index is -4.00. The van der Waals surface area contributed by atoms with E-state index in [1.165, 1.54) is 48.4 Å². The van der Waals surface area contributed by atoms with Crippen LogP contribution in [0.1, 0.15) is 56.7 Å². The Morgan fingerprint density at radius 3 is 2.38 bits per heavy atom. The van der Waals surface area contributed by atoms with Crippen LogP contribution in [0.5, 0.6) is 11.5 Å². The Hall–Kier alpha value is -3.56. The van der Waals surface area contributed by atoms with Crippen LogP contribution in [0.2, 0.25) is 0 Å². The fourth-order valence-corrected chi connectivity index (χ4v) is 6.94. The van der Waals surface area contributed by atoms with Crippen molar-refractivity contribution in [3.63, 3.8) is 0 Å². The van der Waals surface area contributed by atoms with Gasteiger partial charge in [0.15, 0.2) is 6.10 Å². The minimum absolute atomic E-state index is 0.113. The maximum absolute atomic E-state index is 14.0. The number of sulfonamides is 1. The fourth-order valence-electron chi connectivity index (χ4n) is 5.47. The van der Waals surface area contributed by atoms with Crippen molar-refractivity contribution in [1.29, 1.82) is 0 Å². The highest BCUT2D eigenvalue weighted by Gasteiger charge is 2.38. The van der Waals surface area contributed by atoms with Gasteiger partial charge in [-0.05, 0) is 84.4 Å². The van der Waals surface area contributed by atoms with E-state index in [2.05, 4.69) is 43.1 Å². The lowest BCUT2D eigenvalue weighted by Crippen LogP contribution is -2.50. The number of fused-ring (bicyclic) bond motifs is 1. The average molecular weight is 592 g/mol. The second-order valence-electron chi connectivity index (χ2n) is 12.1. The zero-order chi connectivity index (χ0) is 29.9. The zero-order valence-corrected chi connectivity index (χ0v) is 25.7. The van der Waals surface area contributed by atoms with Gasteiger partial charge in [0.1, 0.15) is 11.5 Å². The van der Waals surface area contributed by atoms with Gasteiger partial charge in [-0.1, -0.05) is 57.5 Å². The molecule has 0 aromatic heterocycles. The van der Waals surface area contributed by atoms with Gasteiger partial charge in [0.2, 0.25) is 0 Å². The van der Waals surface area contributed by atoms with Crippen LogP contribution in [0.3, 0.4) is 0 Å². The molecular weight excluding hydrogens is 550 g/mol. The van der Waals surface area contributed by atoms with E-state index in [1.807, 2.05) is 24.3 Å². The van der Waals surface area contributed by atoms with Crippen LogP contribution in [-0.2, 0) is 33.3 Å². The van der Waals surface area contributed by atoms with E-state index >= 15 is 0 Å². The highest BCUT2D eigenvalue weighted by molar-refractivity contribution is 7.92. The third-order valence-corrected chi connectivity index (χ3v) is 9.74. The lowest BCUT2D eigenvalue weighted by atomic mass is 9.86. The molecule has 1 amide bonds. The van der Waals surface area contributed by atoms with E-state index in [0.717, 1.165) is 30.8 Å². The predicted octanol–water partition coefficient (Wildman–Crippen LogP) is 5.25. The second-order valence-corrected chi connectivity index (χ2v) is 14.0. The topological polar surface area (TPSA) is 88.2 Å². The summed E-state index contributed by atoms with van der Waals surface area (Å²) in [6.45, 7) is 9.53. The molecule has 3 aromatic carbocycles. The van der Waals surface area contributed by atoms with Crippen LogP contribution in [0.4, 0.5) is 5.69 Å². The predicted molar refractivity (Wildman–Crippen MR) is 165 cm³/mol. The van der Waals surface area contributed by atoms with Crippen molar-refractivity contribution in [2.24, 2.45) is 0 Å². The van der Waals surface area contributed by atoms with E-state index in [-0.39, 0.29) is 22.8 Å². The van der Waals surface area contributed by atoms with Crippen molar-refractivity contribution in [2.75, 3.05) is 31.0 Å². The molecule has 2 heterocycles. The molecule has 1 N–H and O–H groups in total. The van der Waals surface area contributed by atoms with E-state index in [9.17, 15) is 13.2 Å². The molecule has 0 bridgehead atoms. The van der Waals surface area contributed by atoms with Crippen molar-refractivity contribution in [3.05, 3.63) is 83.4 Å². The maximum atomic E-state index is 14.0. The highest BCUT2D eigenvalue weighted by Crippen LogP contribution is 2.40. The summed E-state index contributed by atoms with van der Waals surface area (Å²) < 4.78 is 40.5. The van der Waals surface area contributed by atoms with Gasteiger partial charge in [0.05, 0.1) is 24.2 Å². The number of amides is 1.